The fourth-order valence-electron chi connectivity index (χ4n) is 2.06. The van der Waals surface area contributed by atoms with Gasteiger partial charge in [0.15, 0.2) is 0 Å². The van der Waals surface area contributed by atoms with Crippen LogP contribution in [-0.4, -0.2) is 16.7 Å². The lowest BCUT2D eigenvalue weighted by atomic mass is 10.3. The lowest BCUT2D eigenvalue weighted by Crippen LogP contribution is -2.05. The van der Waals surface area contributed by atoms with Crippen molar-refractivity contribution in [2.45, 2.75) is 29.4 Å². The minimum absolute atomic E-state index is 0.981. The molecule has 0 aliphatic carbocycles. The first-order valence-corrected chi connectivity index (χ1v) is 10.1. The SMILES string of the molecule is CSc1cccc2c1S(=O)c1c(SC)cccc1S2. The fraction of sp³-hybridized carbons (Fsp3) is 0.143. The zero-order valence-electron chi connectivity index (χ0n) is 10.5. The van der Waals surface area contributed by atoms with Crippen molar-refractivity contribution in [3.63, 3.8) is 0 Å². The summed E-state index contributed by atoms with van der Waals surface area (Å²) in [6.07, 6.45) is 4.07. The zero-order valence-corrected chi connectivity index (χ0v) is 13.8. The van der Waals surface area contributed by atoms with E-state index in [0.29, 0.717) is 0 Å². The molecule has 0 saturated heterocycles. The van der Waals surface area contributed by atoms with Crippen molar-refractivity contribution in [2.24, 2.45) is 0 Å². The van der Waals surface area contributed by atoms with Crippen molar-refractivity contribution >= 4 is 46.1 Å². The van der Waals surface area contributed by atoms with Crippen LogP contribution in [0.3, 0.4) is 0 Å². The first-order valence-electron chi connectivity index (χ1n) is 5.70. The Morgan fingerprint density at radius 2 is 1.37 bits per heavy atom. The molecule has 19 heavy (non-hydrogen) atoms. The Balaban J connectivity index is 2.24. The summed E-state index contributed by atoms with van der Waals surface area (Å²) in [5.74, 6) is 0. The van der Waals surface area contributed by atoms with E-state index in [-0.39, 0.29) is 0 Å². The van der Waals surface area contributed by atoms with Crippen LogP contribution in [0.15, 0.2) is 65.8 Å². The van der Waals surface area contributed by atoms with Crippen LogP contribution in [0, 0.1) is 0 Å². The van der Waals surface area contributed by atoms with E-state index in [1.165, 1.54) is 0 Å². The third-order valence-electron chi connectivity index (χ3n) is 2.92. The first kappa shape index (κ1) is 13.6. The molecule has 0 atom stereocenters. The standard InChI is InChI=1S/C14H12OS4/c1-16-9-5-3-7-11-13(9)19(15)14-10(17-2)6-4-8-12(14)18-11/h3-8H,1-2H3. The van der Waals surface area contributed by atoms with E-state index in [9.17, 15) is 4.21 Å². The molecular formula is C14H12OS4. The lowest BCUT2D eigenvalue weighted by molar-refractivity contribution is 0.675. The Hall–Kier alpha value is -0.360. The highest BCUT2D eigenvalue weighted by molar-refractivity contribution is 8.03. The van der Waals surface area contributed by atoms with Gasteiger partial charge in [-0.05, 0) is 36.8 Å². The molecule has 1 heterocycles. The van der Waals surface area contributed by atoms with Crippen LogP contribution in [0.2, 0.25) is 0 Å². The van der Waals surface area contributed by atoms with Gasteiger partial charge in [0.05, 0.1) is 20.6 Å². The van der Waals surface area contributed by atoms with Crippen LogP contribution in [-0.2, 0) is 10.8 Å². The van der Waals surface area contributed by atoms with E-state index >= 15 is 0 Å². The van der Waals surface area contributed by atoms with Gasteiger partial charge in [-0.3, -0.25) is 0 Å². The first-order chi connectivity index (χ1) is 9.26. The predicted molar refractivity (Wildman–Crippen MR) is 85.2 cm³/mol. The van der Waals surface area contributed by atoms with E-state index < -0.39 is 10.8 Å². The number of rotatable bonds is 2. The second-order valence-electron chi connectivity index (χ2n) is 3.95. The largest absolute Gasteiger partial charge is 0.249 e. The molecule has 0 unspecified atom stereocenters. The molecule has 1 nitrogen and oxygen atoms in total. The molecule has 3 rings (SSSR count). The van der Waals surface area contributed by atoms with Gasteiger partial charge < -0.3 is 0 Å². The van der Waals surface area contributed by atoms with Gasteiger partial charge in [0, 0.05) is 19.6 Å². The van der Waals surface area contributed by atoms with E-state index in [4.69, 9.17) is 0 Å². The van der Waals surface area contributed by atoms with Crippen LogP contribution in [0.1, 0.15) is 0 Å². The van der Waals surface area contributed by atoms with Crippen molar-refractivity contribution in [3.05, 3.63) is 36.4 Å². The second-order valence-corrected chi connectivity index (χ2v) is 8.08. The van der Waals surface area contributed by atoms with Crippen molar-refractivity contribution in [3.8, 4) is 0 Å². The van der Waals surface area contributed by atoms with Crippen LogP contribution in [0.25, 0.3) is 0 Å². The predicted octanol–water partition coefficient (Wildman–Crippen LogP) is 4.76. The number of benzene rings is 2. The summed E-state index contributed by atoms with van der Waals surface area (Å²) in [6, 6.07) is 12.3. The van der Waals surface area contributed by atoms with Crippen molar-refractivity contribution < 1.29 is 4.21 Å². The molecule has 2 aromatic carbocycles. The molecule has 5 heteroatoms. The Kier molecular flexibility index (Phi) is 3.98. The summed E-state index contributed by atoms with van der Waals surface area (Å²) in [5.41, 5.74) is 0. The maximum atomic E-state index is 12.9. The molecular weight excluding hydrogens is 312 g/mol. The second kappa shape index (κ2) is 5.56. The van der Waals surface area contributed by atoms with Crippen LogP contribution in [0.4, 0.5) is 0 Å². The summed E-state index contributed by atoms with van der Waals surface area (Å²) in [5, 5.41) is 0. The highest BCUT2D eigenvalue weighted by Gasteiger charge is 2.27. The van der Waals surface area contributed by atoms with Gasteiger partial charge in [0.2, 0.25) is 0 Å². The van der Waals surface area contributed by atoms with Gasteiger partial charge in [-0.2, -0.15) is 0 Å². The van der Waals surface area contributed by atoms with Crippen LogP contribution in [0.5, 0.6) is 0 Å². The number of thioether (sulfide) groups is 2. The van der Waals surface area contributed by atoms with Crippen molar-refractivity contribution in [2.75, 3.05) is 12.5 Å². The highest BCUT2D eigenvalue weighted by atomic mass is 32.2. The molecule has 0 fully saturated rings. The molecule has 0 saturated carbocycles. The van der Waals surface area contributed by atoms with E-state index in [1.54, 1.807) is 35.3 Å². The summed E-state index contributed by atoms with van der Waals surface area (Å²) >= 11 is 5.05. The van der Waals surface area contributed by atoms with E-state index in [0.717, 1.165) is 29.4 Å². The van der Waals surface area contributed by atoms with Gasteiger partial charge >= 0.3 is 0 Å². The van der Waals surface area contributed by atoms with E-state index in [2.05, 4.69) is 24.3 Å². The summed E-state index contributed by atoms with van der Waals surface area (Å²) in [6.45, 7) is 0. The third kappa shape index (κ3) is 2.27. The quantitative estimate of drug-likeness (QED) is 0.632. The summed E-state index contributed by atoms with van der Waals surface area (Å²) < 4.78 is 12.9. The minimum atomic E-state index is -1.08. The van der Waals surface area contributed by atoms with Gasteiger partial charge in [0.1, 0.15) is 0 Å². The normalized spacial score (nSPS) is 14.0. The van der Waals surface area contributed by atoms with Crippen LogP contribution >= 0.6 is 35.3 Å². The van der Waals surface area contributed by atoms with Crippen molar-refractivity contribution in [1.29, 1.82) is 0 Å². The molecule has 0 spiro atoms. The van der Waals surface area contributed by atoms with Crippen LogP contribution < -0.4 is 0 Å². The molecule has 98 valence electrons. The van der Waals surface area contributed by atoms with Gasteiger partial charge in [-0.15, -0.1) is 23.5 Å². The van der Waals surface area contributed by atoms with Gasteiger partial charge in [-0.25, -0.2) is 4.21 Å². The van der Waals surface area contributed by atoms with Gasteiger partial charge in [0.25, 0.3) is 0 Å². The monoisotopic (exact) mass is 324 g/mol. The Bertz CT molecular complexity index is 611. The van der Waals surface area contributed by atoms with E-state index in [1.807, 2.05) is 24.6 Å². The Morgan fingerprint density at radius 3 is 1.79 bits per heavy atom. The molecule has 0 aromatic heterocycles. The molecule has 0 N–H and O–H groups in total. The highest BCUT2D eigenvalue weighted by Crippen LogP contribution is 2.48. The average molecular weight is 325 g/mol. The number of hydrogen-bond donors (Lipinski definition) is 0. The molecule has 0 radical (unpaired) electrons. The Morgan fingerprint density at radius 1 is 0.895 bits per heavy atom. The molecule has 2 aromatic rings. The topological polar surface area (TPSA) is 17.1 Å². The molecule has 0 bridgehead atoms. The minimum Gasteiger partial charge on any atom is -0.249 e. The smallest absolute Gasteiger partial charge is 0.0895 e. The maximum absolute atomic E-state index is 12.9. The molecule has 1 aliphatic rings. The number of hydrogen-bond acceptors (Lipinski definition) is 4. The lowest BCUT2D eigenvalue weighted by Gasteiger charge is -2.21. The van der Waals surface area contributed by atoms with Crippen molar-refractivity contribution in [1.82, 2.24) is 0 Å². The molecule has 0 amide bonds. The fourth-order valence-corrected chi connectivity index (χ4v) is 7.01. The number of fused-ring (bicyclic) bond motifs is 2. The zero-order chi connectivity index (χ0) is 13.4. The summed E-state index contributed by atoms with van der Waals surface area (Å²) in [7, 11) is -1.08. The Labute approximate surface area is 128 Å². The van der Waals surface area contributed by atoms with Gasteiger partial charge in [-0.1, -0.05) is 23.9 Å². The maximum Gasteiger partial charge on any atom is 0.0895 e. The third-order valence-corrected chi connectivity index (χ3v) is 7.73. The summed E-state index contributed by atoms with van der Waals surface area (Å²) in [4.78, 5) is 6.43. The molecule has 1 aliphatic heterocycles. The average Bonchev–Trinajstić information content (AvgIpc) is 2.45.